The molecule has 2 aromatic heterocycles. The van der Waals surface area contributed by atoms with E-state index in [1.165, 1.54) is 28.0 Å². The molecule has 0 aliphatic rings. The van der Waals surface area contributed by atoms with Crippen LogP contribution in [-0.2, 0) is 11.3 Å². The molecule has 156 valence electrons. The maximum absolute atomic E-state index is 12.5. The van der Waals surface area contributed by atoms with Crippen molar-refractivity contribution in [2.75, 3.05) is 5.32 Å². The Balaban J connectivity index is 1.44. The molecule has 0 saturated heterocycles. The number of hydrogen-bond acceptors (Lipinski definition) is 7. The highest BCUT2D eigenvalue weighted by molar-refractivity contribution is 9.10. The lowest BCUT2D eigenvalue weighted by Gasteiger charge is -2.08. The van der Waals surface area contributed by atoms with Crippen LogP contribution < -0.4 is 10.9 Å². The van der Waals surface area contributed by atoms with Crippen LogP contribution in [0.5, 0.6) is 0 Å². The van der Waals surface area contributed by atoms with Crippen molar-refractivity contribution in [3.8, 4) is 0 Å². The molecule has 0 bridgehead atoms. The van der Waals surface area contributed by atoms with Crippen LogP contribution in [0.3, 0.4) is 0 Å². The number of benzene rings is 2. The molecule has 1 N–H and O–H groups in total. The fourth-order valence-electron chi connectivity index (χ4n) is 2.78. The number of nitrogens with zero attached hydrogens (tertiary/aromatic N) is 3. The Bertz CT molecular complexity index is 1350. The van der Waals surface area contributed by atoms with Crippen molar-refractivity contribution < 1.29 is 14.3 Å². The molecule has 8 nitrogen and oxygen atoms in total. The van der Waals surface area contributed by atoms with Crippen molar-refractivity contribution in [3.05, 3.63) is 91.3 Å². The first-order valence-electron chi connectivity index (χ1n) is 9.09. The minimum absolute atomic E-state index is 0.156. The van der Waals surface area contributed by atoms with Gasteiger partial charge in [0.2, 0.25) is 4.96 Å². The van der Waals surface area contributed by atoms with Crippen LogP contribution >= 0.6 is 27.3 Å². The highest BCUT2D eigenvalue weighted by Gasteiger charge is 2.13. The summed E-state index contributed by atoms with van der Waals surface area (Å²) in [5.74, 6) is -0.891. The summed E-state index contributed by atoms with van der Waals surface area (Å²) in [6.45, 7) is 1.62. The van der Waals surface area contributed by atoms with E-state index < -0.39 is 5.97 Å². The first-order valence-corrected chi connectivity index (χ1v) is 10.7. The smallest absolute Gasteiger partial charge is 0.338 e. The molecule has 4 rings (SSSR count). The summed E-state index contributed by atoms with van der Waals surface area (Å²) in [5.41, 5.74) is 1.21. The number of esters is 1. The Hall–Kier alpha value is -3.37. The standard InChI is InChI=1S/C21H15BrN4O4S/c1-12-25-26-18(27)10-17(24-21(26)31-12)11-30-20(29)14-3-2-4-16(9-14)23-19(28)13-5-7-15(22)8-6-13/h2-10H,11H2,1H3,(H,23,28). The molecule has 4 aromatic rings. The lowest BCUT2D eigenvalue weighted by Crippen LogP contribution is -2.16. The second-order valence-electron chi connectivity index (χ2n) is 6.52. The van der Waals surface area contributed by atoms with Gasteiger partial charge in [-0.15, -0.1) is 0 Å². The summed E-state index contributed by atoms with van der Waals surface area (Å²) in [4.78, 5) is 41.7. The minimum Gasteiger partial charge on any atom is -0.456 e. The van der Waals surface area contributed by atoms with E-state index in [0.29, 0.717) is 26.9 Å². The summed E-state index contributed by atoms with van der Waals surface area (Å²) in [6, 6.07) is 14.6. The van der Waals surface area contributed by atoms with Crippen LogP contribution in [0.4, 0.5) is 5.69 Å². The predicted octanol–water partition coefficient (Wildman–Crippen LogP) is 3.83. The average molecular weight is 499 g/mol. The molecule has 0 spiro atoms. The Morgan fingerprint density at radius 2 is 1.90 bits per heavy atom. The molecule has 2 heterocycles. The predicted molar refractivity (Wildman–Crippen MR) is 120 cm³/mol. The molecular weight excluding hydrogens is 484 g/mol. The van der Waals surface area contributed by atoms with E-state index in [9.17, 15) is 14.4 Å². The van der Waals surface area contributed by atoms with Crippen molar-refractivity contribution in [1.82, 2.24) is 14.6 Å². The SMILES string of the molecule is Cc1nn2c(=O)cc(COC(=O)c3cccc(NC(=O)c4ccc(Br)cc4)c3)nc2s1. The van der Waals surface area contributed by atoms with Gasteiger partial charge in [0.1, 0.15) is 11.6 Å². The number of rotatable bonds is 5. The maximum atomic E-state index is 12.5. The average Bonchev–Trinajstić information content (AvgIpc) is 3.13. The van der Waals surface area contributed by atoms with E-state index in [0.717, 1.165) is 4.47 Å². The minimum atomic E-state index is -0.595. The molecule has 10 heteroatoms. The molecule has 0 aliphatic heterocycles. The molecule has 0 unspecified atom stereocenters. The van der Waals surface area contributed by atoms with Gasteiger partial charge in [-0.3, -0.25) is 9.59 Å². The zero-order valence-electron chi connectivity index (χ0n) is 16.2. The van der Waals surface area contributed by atoms with Gasteiger partial charge in [-0.2, -0.15) is 9.61 Å². The maximum Gasteiger partial charge on any atom is 0.338 e. The molecular formula is C21H15BrN4O4S. The second-order valence-corrected chi connectivity index (χ2v) is 8.59. The monoisotopic (exact) mass is 498 g/mol. The largest absolute Gasteiger partial charge is 0.456 e. The lowest BCUT2D eigenvalue weighted by molar-refractivity contribution is 0.0467. The van der Waals surface area contributed by atoms with Gasteiger partial charge >= 0.3 is 5.97 Å². The van der Waals surface area contributed by atoms with Gasteiger partial charge in [0.15, 0.2) is 0 Å². The van der Waals surface area contributed by atoms with E-state index in [-0.39, 0.29) is 23.6 Å². The number of aromatic nitrogens is 3. The summed E-state index contributed by atoms with van der Waals surface area (Å²) in [5, 5.41) is 7.53. The van der Waals surface area contributed by atoms with E-state index in [2.05, 4.69) is 31.3 Å². The topological polar surface area (TPSA) is 103 Å². The Morgan fingerprint density at radius 1 is 1.13 bits per heavy atom. The van der Waals surface area contributed by atoms with Gasteiger partial charge in [0.25, 0.3) is 11.5 Å². The third-order valence-electron chi connectivity index (χ3n) is 4.21. The Morgan fingerprint density at radius 3 is 2.68 bits per heavy atom. The van der Waals surface area contributed by atoms with E-state index in [1.54, 1.807) is 49.4 Å². The van der Waals surface area contributed by atoms with Gasteiger partial charge in [0.05, 0.1) is 11.3 Å². The Labute approximate surface area is 188 Å². The number of nitrogens with one attached hydrogen (secondary N) is 1. The molecule has 31 heavy (non-hydrogen) atoms. The molecule has 0 radical (unpaired) electrons. The van der Waals surface area contributed by atoms with E-state index >= 15 is 0 Å². The highest BCUT2D eigenvalue weighted by atomic mass is 79.9. The van der Waals surface area contributed by atoms with Gasteiger partial charge in [-0.05, 0) is 49.4 Å². The van der Waals surface area contributed by atoms with E-state index in [1.807, 2.05) is 0 Å². The molecule has 0 aliphatic carbocycles. The van der Waals surface area contributed by atoms with Crippen LogP contribution in [0.25, 0.3) is 4.96 Å². The number of carbonyl (C=O) groups excluding carboxylic acids is 2. The zero-order valence-corrected chi connectivity index (χ0v) is 18.6. The summed E-state index contributed by atoms with van der Waals surface area (Å²) in [7, 11) is 0. The summed E-state index contributed by atoms with van der Waals surface area (Å²) >= 11 is 4.60. The zero-order chi connectivity index (χ0) is 22.0. The number of anilines is 1. The number of halogens is 1. The number of aryl methyl sites for hydroxylation is 1. The first kappa shape index (κ1) is 20.9. The highest BCUT2D eigenvalue weighted by Crippen LogP contribution is 2.16. The van der Waals surface area contributed by atoms with Crippen molar-refractivity contribution >= 4 is 49.8 Å². The van der Waals surface area contributed by atoms with Crippen molar-refractivity contribution in [2.45, 2.75) is 13.5 Å². The number of ether oxygens (including phenoxy) is 1. The molecule has 2 aromatic carbocycles. The number of fused-ring (bicyclic) bond motifs is 1. The normalized spacial score (nSPS) is 10.8. The van der Waals surface area contributed by atoms with Crippen LogP contribution in [0, 0.1) is 6.92 Å². The number of amides is 1. The summed E-state index contributed by atoms with van der Waals surface area (Å²) in [6.07, 6.45) is 0. The number of hydrogen-bond donors (Lipinski definition) is 1. The van der Waals surface area contributed by atoms with Gasteiger partial charge < -0.3 is 10.1 Å². The molecule has 0 fully saturated rings. The lowest BCUT2D eigenvalue weighted by atomic mass is 10.1. The fourth-order valence-corrected chi connectivity index (χ4v) is 3.81. The van der Waals surface area contributed by atoms with Crippen LogP contribution in [0.1, 0.15) is 31.4 Å². The molecule has 0 atom stereocenters. The van der Waals surface area contributed by atoms with Crippen molar-refractivity contribution in [2.24, 2.45) is 0 Å². The second kappa shape index (κ2) is 8.78. The van der Waals surface area contributed by atoms with Crippen LogP contribution in [-0.4, -0.2) is 26.5 Å². The molecule has 0 saturated carbocycles. The van der Waals surface area contributed by atoms with Gasteiger partial charge in [-0.1, -0.05) is 33.3 Å². The van der Waals surface area contributed by atoms with E-state index in [4.69, 9.17) is 4.74 Å². The number of carbonyl (C=O) groups is 2. The third kappa shape index (κ3) is 4.86. The third-order valence-corrected chi connectivity index (χ3v) is 5.57. The van der Waals surface area contributed by atoms with Gasteiger partial charge in [0, 0.05) is 21.8 Å². The van der Waals surface area contributed by atoms with Gasteiger partial charge in [-0.25, -0.2) is 9.78 Å². The quantitative estimate of drug-likeness (QED) is 0.419. The Kier molecular flexibility index (Phi) is 5.92. The van der Waals surface area contributed by atoms with Crippen LogP contribution in [0.15, 0.2) is 63.9 Å². The summed E-state index contributed by atoms with van der Waals surface area (Å²) < 4.78 is 7.38. The molecule has 1 amide bonds. The van der Waals surface area contributed by atoms with Crippen molar-refractivity contribution in [3.63, 3.8) is 0 Å². The fraction of sp³-hybridized carbons (Fsp3) is 0.0952. The van der Waals surface area contributed by atoms with Crippen molar-refractivity contribution in [1.29, 1.82) is 0 Å². The first-order chi connectivity index (χ1) is 14.9. The van der Waals surface area contributed by atoms with Crippen LogP contribution in [0.2, 0.25) is 0 Å².